The normalized spacial score (nSPS) is 18.9. The molecule has 2 aliphatic rings. The summed E-state index contributed by atoms with van der Waals surface area (Å²) in [6.45, 7) is -0.546. The topological polar surface area (TPSA) is 134 Å². The molecule has 2 fully saturated rings. The van der Waals surface area contributed by atoms with Crippen molar-refractivity contribution in [3.63, 3.8) is 0 Å². The Bertz CT molecular complexity index is 1760. The van der Waals surface area contributed by atoms with Crippen LogP contribution >= 0.6 is 11.8 Å². The fourth-order valence-corrected chi connectivity index (χ4v) is 6.57. The van der Waals surface area contributed by atoms with Gasteiger partial charge in [-0.3, -0.25) is 19.2 Å². The highest BCUT2D eigenvalue weighted by Crippen LogP contribution is 2.38. The number of nitrogens with one attached hydrogen (secondary N) is 1. The lowest BCUT2D eigenvalue weighted by Gasteiger charge is -2.41. The van der Waals surface area contributed by atoms with Crippen LogP contribution in [0.2, 0.25) is 0 Å². The number of carbonyl (C=O) groups excluding carboxylic acids is 2. The van der Waals surface area contributed by atoms with E-state index in [1.807, 2.05) is 6.26 Å². The number of halogens is 2. The second-order valence-corrected chi connectivity index (χ2v) is 12.2. The molecule has 240 valence electrons. The Morgan fingerprint density at radius 3 is 2.67 bits per heavy atom. The molecule has 46 heavy (non-hydrogen) atoms. The predicted octanol–water partition coefficient (Wildman–Crippen LogP) is 4.39. The molecule has 1 saturated carbocycles. The van der Waals surface area contributed by atoms with Gasteiger partial charge in [0.15, 0.2) is 5.65 Å². The maximum Gasteiger partial charge on any atom is 0.387 e. The monoisotopic (exact) mass is 649 g/mol. The minimum atomic E-state index is -3.08. The maximum absolute atomic E-state index is 13.4. The number of thioether (sulfide) groups is 1. The van der Waals surface area contributed by atoms with Crippen LogP contribution in [0.5, 0.6) is 5.75 Å². The van der Waals surface area contributed by atoms with E-state index in [-0.39, 0.29) is 46.6 Å². The van der Waals surface area contributed by atoms with Crippen molar-refractivity contribution in [2.75, 3.05) is 37.8 Å². The zero-order chi connectivity index (χ0) is 32.2. The molecule has 2 amide bonds. The number of piperazine rings is 1. The van der Waals surface area contributed by atoms with Crippen LogP contribution in [0.1, 0.15) is 36.0 Å². The number of nitrogens with zero attached hydrogens (tertiary/aromatic N) is 8. The molecule has 4 heterocycles. The van der Waals surface area contributed by atoms with Gasteiger partial charge in [0.05, 0.1) is 18.0 Å². The van der Waals surface area contributed by atoms with Crippen molar-refractivity contribution < 1.29 is 23.1 Å². The molecule has 1 aliphatic carbocycles. The van der Waals surface area contributed by atoms with E-state index in [9.17, 15) is 23.6 Å². The van der Waals surface area contributed by atoms with Gasteiger partial charge in [-0.25, -0.2) is 9.50 Å². The van der Waals surface area contributed by atoms with Gasteiger partial charge >= 0.3 is 6.61 Å². The third-order valence-corrected chi connectivity index (χ3v) is 9.28. The van der Waals surface area contributed by atoms with Crippen molar-refractivity contribution in [1.82, 2.24) is 34.2 Å². The van der Waals surface area contributed by atoms with Gasteiger partial charge in [-0.05, 0) is 56.2 Å². The molecular formula is C31H33F2N9O3S. The van der Waals surface area contributed by atoms with Gasteiger partial charge in [0.1, 0.15) is 23.6 Å². The van der Waals surface area contributed by atoms with Crippen molar-refractivity contribution >= 4 is 34.9 Å². The maximum atomic E-state index is 13.4. The molecule has 3 aromatic heterocycles. The number of hydrogen-bond donors (Lipinski definition) is 1. The van der Waals surface area contributed by atoms with E-state index in [0.717, 1.165) is 43.7 Å². The number of nitriles is 1. The van der Waals surface area contributed by atoms with E-state index < -0.39 is 12.5 Å². The predicted molar refractivity (Wildman–Crippen MR) is 167 cm³/mol. The van der Waals surface area contributed by atoms with Gasteiger partial charge in [-0.1, -0.05) is 0 Å². The number of aromatic nitrogens is 5. The van der Waals surface area contributed by atoms with Crippen LogP contribution in [0, 0.1) is 17.2 Å². The van der Waals surface area contributed by atoms with Crippen molar-refractivity contribution in [1.29, 1.82) is 5.26 Å². The number of anilines is 1. The summed E-state index contributed by atoms with van der Waals surface area (Å²) in [6, 6.07) is 9.25. The van der Waals surface area contributed by atoms with E-state index in [1.54, 1.807) is 35.5 Å². The first kappa shape index (κ1) is 31.4. The number of rotatable bonds is 9. The van der Waals surface area contributed by atoms with Gasteiger partial charge < -0.3 is 15.0 Å². The number of benzene rings is 1. The summed E-state index contributed by atoms with van der Waals surface area (Å²) in [7, 11) is 0. The second kappa shape index (κ2) is 13.8. The first-order valence-corrected chi connectivity index (χ1v) is 16.3. The van der Waals surface area contributed by atoms with Crippen LogP contribution in [0.25, 0.3) is 16.9 Å². The summed E-state index contributed by atoms with van der Waals surface area (Å²) < 4.78 is 34.5. The molecule has 4 aromatic rings. The summed E-state index contributed by atoms with van der Waals surface area (Å²) in [6.07, 6.45) is 11.8. The lowest BCUT2D eigenvalue weighted by Crippen LogP contribution is -2.53. The molecule has 0 bridgehead atoms. The Morgan fingerprint density at radius 1 is 1.17 bits per heavy atom. The summed E-state index contributed by atoms with van der Waals surface area (Å²) in [4.78, 5) is 36.1. The second-order valence-electron chi connectivity index (χ2n) is 11.3. The standard InChI is InChI=1S/C31H33F2N9O3S/c1-46-22-7-8-26(45-31(32)33)23(15-22)28-25(37-30(44)24-17-36-42-10-2-9-35-29(24)42)18-41(38-28)19-27(43)40-13-11-39(12-14-40)21-5-3-20(16-34)4-6-21/h2,7-10,15,17-18,20-21,31H,3-6,11-14,19H2,1H3,(H,37,44). The summed E-state index contributed by atoms with van der Waals surface area (Å²) in [5.41, 5.74) is 1.17. The molecule has 1 aromatic carbocycles. The summed E-state index contributed by atoms with van der Waals surface area (Å²) in [5, 5.41) is 20.8. The molecule has 0 unspecified atom stereocenters. The number of alkyl halides is 2. The third-order valence-electron chi connectivity index (χ3n) is 8.55. The van der Waals surface area contributed by atoms with Gasteiger partial charge in [0.25, 0.3) is 5.91 Å². The van der Waals surface area contributed by atoms with Crippen molar-refractivity contribution in [2.45, 2.75) is 49.8 Å². The number of amides is 2. The van der Waals surface area contributed by atoms with Gasteiger partial charge in [0.2, 0.25) is 5.91 Å². The van der Waals surface area contributed by atoms with E-state index in [1.165, 1.54) is 39.4 Å². The van der Waals surface area contributed by atoms with E-state index in [0.29, 0.717) is 24.8 Å². The third kappa shape index (κ3) is 6.82. The van der Waals surface area contributed by atoms with Crippen LogP contribution < -0.4 is 10.1 Å². The summed E-state index contributed by atoms with van der Waals surface area (Å²) >= 11 is 1.41. The highest BCUT2D eigenvalue weighted by molar-refractivity contribution is 7.98. The summed E-state index contributed by atoms with van der Waals surface area (Å²) in [5.74, 6) is -0.644. The Morgan fingerprint density at radius 2 is 1.96 bits per heavy atom. The zero-order valence-corrected chi connectivity index (χ0v) is 26.0. The lowest BCUT2D eigenvalue weighted by molar-refractivity contribution is -0.134. The van der Waals surface area contributed by atoms with E-state index in [4.69, 9.17) is 4.74 Å². The van der Waals surface area contributed by atoms with E-state index in [2.05, 4.69) is 31.5 Å². The van der Waals surface area contributed by atoms with Crippen LogP contribution in [0.3, 0.4) is 0 Å². The Labute approximate surface area is 268 Å². The quantitative estimate of drug-likeness (QED) is 0.262. The van der Waals surface area contributed by atoms with Gasteiger partial charge in [-0.2, -0.15) is 24.2 Å². The largest absolute Gasteiger partial charge is 0.434 e. The molecule has 1 aliphatic heterocycles. The number of hydrogen-bond acceptors (Lipinski definition) is 9. The van der Waals surface area contributed by atoms with Crippen molar-refractivity contribution in [3.05, 3.63) is 54.6 Å². The fraction of sp³-hybridized carbons (Fsp3) is 0.419. The molecular weight excluding hydrogens is 616 g/mol. The van der Waals surface area contributed by atoms with Crippen LogP contribution in [0.15, 0.2) is 53.9 Å². The van der Waals surface area contributed by atoms with Gasteiger partial charge in [0, 0.05) is 67.2 Å². The van der Waals surface area contributed by atoms with Crippen molar-refractivity contribution in [2.24, 2.45) is 5.92 Å². The molecule has 1 saturated heterocycles. The van der Waals surface area contributed by atoms with Crippen LogP contribution in [-0.2, 0) is 11.3 Å². The average Bonchev–Trinajstić information content (AvgIpc) is 3.69. The number of ether oxygens (including phenoxy) is 1. The van der Waals surface area contributed by atoms with Crippen LogP contribution in [0.4, 0.5) is 14.5 Å². The number of carbonyl (C=O) groups is 2. The molecule has 0 spiro atoms. The van der Waals surface area contributed by atoms with Crippen molar-refractivity contribution in [3.8, 4) is 23.1 Å². The number of fused-ring (bicyclic) bond motifs is 1. The molecule has 15 heteroatoms. The van der Waals surface area contributed by atoms with Crippen LogP contribution in [-0.4, -0.2) is 91.1 Å². The highest BCUT2D eigenvalue weighted by atomic mass is 32.2. The minimum absolute atomic E-state index is 0.109. The Balaban J connectivity index is 1.23. The minimum Gasteiger partial charge on any atom is -0.434 e. The molecule has 0 atom stereocenters. The molecule has 0 radical (unpaired) electrons. The smallest absolute Gasteiger partial charge is 0.387 e. The molecule has 1 N–H and O–H groups in total. The highest BCUT2D eigenvalue weighted by Gasteiger charge is 2.30. The zero-order valence-electron chi connectivity index (χ0n) is 25.2. The van der Waals surface area contributed by atoms with E-state index >= 15 is 0 Å². The molecule has 6 rings (SSSR count). The Hall–Kier alpha value is -4.55. The average molecular weight is 650 g/mol. The lowest BCUT2D eigenvalue weighted by atomic mass is 9.86. The fourth-order valence-electron chi connectivity index (χ4n) is 6.13. The Kier molecular flexibility index (Phi) is 9.46. The van der Waals surface area contributed by atoms with Gasteiger partial charge in [-0.15, -0.1) is 11.8 Å². The first-order valence-electron chi connectivity index (χ1n) is 15.0. The first-order chi connectivity index (χ1) is 22.3. The molecule has 12 nitrogen and oxygen atoms in total. The SMILES string of the molecule is CSc1ccc(OC(F)F)c(-c2nn(CC(=O)N3CCN(C4CCC(C#N)CC4)CC3)cc2NC(=O)c2cnn3cccnc23)c1.